The number of hydrogen-bond donors (Lipinski definition) is 3. The molecule has 0 saturated heterocycles. The fraction of sp³-hybridized carbons (Fsp3) is 0.143. The van der Waals surface area contributed by atoms with Crippen LogP contribution in [0.15, 0.2) is 24.3 Å². The predicted octanol–water partition coefficient (Wildman–Crippen LogP) is 1.03. The summed E-state index contributed by atoms with van der Waals surface area (Å²) in [7, 11) is 0. The van der Waals surface area contributed by atoms with Crippen LogP contribution in [0.5, 0.6) is 0 Å². The van der Waals surface area contributed by atoms with Crippen molar-refractivity contribution in [3.63, 3.8) is 0 Å². The molecule has 0 heterocycles. The van der Waals surface area contributed by atoms with Gasteiger partial charge in [0, 0.05) is 0 Å². The van der Waals surface area contributed by atoms with Crippen molar-refractivity contribution in [1.82, 2.24) is 0 Å². The average molecular weight is 190 g/mol. The van der Waals surface area contributed by atoms with Crippen molar-refractivity contribution in [3.8, 4) is 0 Å². The van der Waals surface area contributed by atoms with Crippen molar-refractivity contribution in [3.05, 3.63) is 29.8 Å². The second kappa shape index (κ2) is 3.11. The van der Waals surface area contributed by atoms with E-state index in [9.17, 15) is 0 Å². The van der Waals surface area contributed by atoms with E-state index in [1.165, 1.54) is 0 Å². The summed E-state index contributed by atoms with van der Waals surface area (Å²) in [4.78, 5) is 18.3. The van der Waals surface area contributed by atoms with Gasteiger partial charge in [-0.15, -0.1) is 0 Å². The number of hydrogen-bond acceptors (Lipinski definition) is 3. The van der Waals surface area contributed by atoms with E-state index in [4.69, 9.17) is 9.79 Å². The van der Waals surface area contributed by atoms with Crippen molar-refractivity contribution in [2.45, 2.75) is 6.92 Å². The number of aryl methyl sites for hydroxylation is 1. The second-order valence-electron chi connectivity index (χ2n) is 2.50. The van der Waals surface area contributed by atoms with Gasteiger partial charge in [0.15, 0.2) is 0 Å². The van der Waals surface area contributed by atoms with E-state index < -0.39 is 6.92 Å². The normalized spacial score (nSPS) is 13.1. The maximum atomic E-state index is 9.14. The summed E-state index contributed by atoms with van der Waals surface area (Å²) >= 11 is 3.73. The van der Waals surface area contributed by atoms with E-state index in [2.05, 4.69) is 12.2 Å². The quantitative estimate of drug-likeness (QED) is 0.457. The Hall–Kier alpha value is -0.0800. The Kier molecular flexibility index (Phi) is 2.55. The molecule has 0 radical (unpaired) electrons. The summed E-state index contributed by atoms with van der Waals surface area (Å²) in [6, 6.07) is 7.04. The van der Waals surface area contributed by atoms with Gasteiger partial charge in [-0.1, -0.05) is 0 Å². The minimum atomic E-state index is -3.36. The van der Waals surface area contributed by atoms with Crippen LogP contribution < -0.4 is 5.30 Å². The summed E-state index contributed by atoms with van der Waals surface area (Å²) in [5.74, 6) is 0. The summed E-state index contributed by atoms with van der Waals surface area (Å²) < 4.78 is 0. The molecule has 62 valence electrons. The van der Waals surface area contributed by atoms with Crippen LogP contribution in [0.3, 0.4) is 0 Å². The van der Waals surface area contributed by atoms with Gasteiger partial charge in [-0.05, 0) is 0 Å². The van der Waals surface area contributed by atoms with Gasteiger partial charge in [0.05, 0.1) is 0 Å². The molecular weight excluding hydrogens is 179 g/mol. The molecule has 0 aromatic heterocycles. The van der Waals surface area contributed by atoms with Crippen LogP contribution in [-0.4, -0.2) is 9.79 Å². The molecule has 2 nitrogen and oxygen atoms in total. The van der Waals surface area contributed by atoms with Crippen molar-refractivity contribution in [2.75, 3.05) is 0 Å². The SMILES string of the molecule is Cc1ccc([PH](O)(O)S)cc1. The molecule has 0 unspecified atom stereocenters. The molecule has 0 aliphatic carbocycles. The van der Waals surface area contributed by atoms with Crippen LogP contribution in [0.2, 0.25) is 0 Å². The topological polar surface area (TPSA) is 40.5 Å². The summed E-state index contributed by atoms with van der Waals surface area (Å²) in [5.41, 5.74) is 1.10. The molecule has 0 saturated carbocycles. The van der Waals surface area contributed by atoms with Gasteiger partial charge in [-0.25, -0.2) is 0 Å². The first-order valence-electron chi connectivity index (χ1n) is 3.24. The molecule has 0 fully saturated rings. The monoisotopic (exact) mass is 190 g/mol. The molecule has 0 amide bonds. The third kappa shape index (κ3) is 2.46. The van der Waals surface area contributed by atoms with Crippen molar-refractivity contribution in [2.24, 2.45) is 0 Å². The van der Waals surface area contributed by atoms with Crippen molar-refractivity contribution in [1.29, 1.82) is 0 Å². The average Bonchev–Trinajstić information content (AvgIpc) is 1.86. The third-order valence-electron chi connectivity index (χ3n) is 1.44. The first-order valence-corrected chi connectivity index (χ1v) is 6.43. The molecule has 1 aromatic carbocycles. The van der Waals surface area contributed by atoms with Gasteiger partial charge < -0.3 is 0 Å². The Morgan fingerprint density at radius 3 is 2.00 bits per heavy atom. The van der Waals surface area contributed by atoms with Gasteiger partial charge in [0.25, 0.3) is 0 Å². The van der Waals surface area contributed by atoms with Gasteiger partial charge in [0.1, 0.15) is 0 Å². The summed E-state index contributed by atoms with van der Waals surface area (Å²) in [6.45, 7) is -1.42. The Balaban J connectivity index is 2.99. The van der Waals surface area contributed by atoms with Crippen molar-refractivity contribution < 1.29 is 9.79 Å². The van der Waals surface area contributed by atoms with Gasteiger partial charge >= 0.3 is 71.0 Å². The molecule has 4 heteroatoms. The standard InChI is InChI=1S/C7H11O2PS/c1-6-2-4-7(5-3-6)10(8,9)11/h2-5,8-11H,1H3. The van der Waals surface area contributed by atoms with Gasteiger partial charge in [-0.2, -0.15) is 0 Å². The van der Waals surface area contributed by atoms with Crippen LogP contribution in [0.4, 0.5) is 0 Å². The molecule has 1 rings (SSSR count). The molecular formula is C7H11O2PS. The van der Waals surface area contributed by atoms with E-state index in [0.29, 0.717) is 5.30 Å². The Labute approximate surface area is 71.5 Å². The minimum absolute atomic E-state index is 0.520. The molecule has 1 aromatic rings. The van der Waals surface area contributed by atoms with Crippen LogP contribution in [0, 0.1) is 6.92 Å². The van der Waals surface area contributed by atoms with Crippen LogP contribution in [0.1, 0.15) is 5.56 Å². The molecule has 2 N–H and O–H groups in total. The van der Waals surface area contributed by atoms with Crippen LogP contribution in [0.25, 0.3) is 0 Å². The Morgan fingerprint density at radius 2 is 1.64 bits per heavy atom. The van der Waals surface area contributed by atoms with E-state index >= 15 is 0 Å². The molecule has 0 bridgehead atoms. The zero-order chi connectivity index (χ0) is 8.48. The fourth-order valence-electron chi connectivity index (χ4n) is 0.777. The van der Waals surface area contributed by atoms with Crippen LogP contribution in [-0.2, 0) is 0 Å². The van der Waals surface area contributed by atoms with Crippen LogP contribution >= 0.6 is 19.2 Å². The number of benzene rings is 1. The van der Waals surface area contributed by atoms with Gasteiger partial charge in [-0.3, -0.25) is 0 Å². The fourth-order valence-corrected chi connectivity index (χ4v) is 1.84. The zero-order valence-electron chi connectivity index (χ0n) is 6.15. The molecule has 0 atom stereocenters. The van der Waals surface area contributed by atoms with E-state index in [1.54, 1.807) is 12.1 Å². The maximum absolute atomic E-state index is 9.14. The molecule has 0 aliphatic heterocycles. The number of thiol groups is 1. The molecule has 0 aliphatic rings. The Morgan fingerprint density at radius 1 is 1.18 bits per heavy atom. The summed E-state index contributed by atoms with van der Waals surface area (Å²) in [5, 5.41) is 0.520. The third-order valence-corrected chi connectivity index (χ3v) is 3.32. The second-order valence-corrected chi connectivity index (χ2v) is 6.22. The van der Waals surface area contributed by atoms with E-state index in [-0.39, 0.29) is 0 Å². The zero-order valence-corrected chi connectivity index (χ0v) is 8.05. The van der Waals surface area contributed by atoms with Crippen molar-refractivity contribution >= 4 is 24.5 Å². The van der Waals surface area contributed by atoms with E-state index in [1.807, 2.05) is 19.1 Å². The molecule has 0 spiro atoms. The first kappa shape index (κ1) is 9.01. The molecule has 11 heavy (non-hydrogen) atoms. The summed E-state index contributed by atoms with van der Waals surface area (Å²) in [6.07, 6.45) is 0. The Bertz CT molecular complexity index is 240. The predicted molar refractivity (Wildman–Crippen MR) is 52.6 cm³/mol. The number of rotatable bonds is 1. The van der Waals surface area contributed by atoms with Gasteiger partial charge in [0.2, 0.25) is 0 Å². The first-order chi connectivity index (χ1) is 5.00. The van der Waals surface area contributed by atoms with E-state index in [0.717, 1.165) is 5.56 Å².